The van der Waals surface area contributed by atoms with Gasteiger partial charge in [0.05, 0.1) is 6.04 Å². The lowest BCUT2D eigenvalue weighted by molar-refractivity contribution is -0.126. The number of hydrogen-bond donors (Lipinski definition) is 2. The van der Waals surface area contributed by atoms with Crippen LogP contribution < -0.4 is 11.1 Å². The van der Waals surface area contributed by atoms with Crippen molar-refractivity contribution in [2.45, 2.75) is 25.8 Å². The molecular weight excluding hydrogens is 132 g/mol. The van der Waals surface area contributed by atoms with Crippen LogP contribution in [0.4, 0.5) is 0 Å². The number of carbonyl (C=O) groups is 2. The molecule has 0 aromatic rings. The molecule has 10 heavy (non-hydrogen) atoms. The molecule has 0 radical (unpaired) electrons. The summed E-state index contributed by atoms with van der Waals surface area (Å²) in [5.41, 5.74) is 5.34. The summed E-state index contributed by atoms with van der Waals surface area (Å²) < 4.78 is 0. The molecule has 0 bridgehead atoms. The molecule has 0 aromatic carbocycles. The van der Waals surface area contributed by atoms with Crippen molar-refractivity contribution in [1.82, 2.24) is 5.32 Å². The maximum absolute atomic E-state index is 10.7. The first-order valence-electron chi connectivity index (χ1n) is 3.22. The molecule has 0 saturated heterocycles. The van der Waals surface area contributed by atoms with Crippen molar-refractivity contribution in [3.05, 3.63) is 0 Å². The number of hydrogen-bond acceptors (Lipinski definition) is 3. The van der Waals surface area contributed by atoms with E-state index in [1.54, 1.807) is 0 Å². The molecule has 0 aromatic heterocycles. The smallest absolute Gasteiger partial charge is 0.243 e. The number of nitrogens with two attached hydrogens (primary N) is 1. The lowest BCUT2D eigenvalue weighted by Gasteiger charge is -2.05. The van der Waals surface area contributed by atoms with Crippen molar-refractivity contribution >= 4 is 12.3 Å². The van der Waals surface area contributed by atoms with E-state index in [-0.39, 0.29) is 0 Å². The first kappa shape index (κ1) is 9.10. The second kappa shape index (κ2) is 4.93. The van der Waals surface area contributed by atoms with Gasteiger partial charge in [0.1, 0.15) is 0 Å². The van der Waals surface area contributed by atoms with Gasteiger partial charge in [-0.15, -0.1) is 0 Å². The molecule has 1 atom stereocenters. The van der Waals surface area contributed by atoms with E-state index in [1.807, 2.05) is 12.2 Å². The van der Waals surface area contributed by atoms with E-state index in [2.05, 4.69) is 0 Å². The van der Waals surface area contributed by atoms with Gasteiger partial charge in [0.25, 0.3) is 0 Å². The molecule has 58 valence electrons. The van der Waals surface area contributed by atoms with Crippen LogP contribution in [0.5, 0.6) is 0 Å². The summed E-state index contributed by atoms with van der Waals surface area (Å²) in [6, 6.07) is -0.546. The minimum absolute atomic E-state index is 0.345. The Kier molecular flexibility index (Phi) is 4.49. The molecule has 4 heteroatoms. The van der Waals surface area contributed by atoms with Gasteiger partial charge in [0.2, 0.25) is 12.3 Å². The largest absolute Gasteiger partial charge is 0.320 e. The van der Waals surface area contributed by atoms with Gasteiger partial charge in [0, 0.05) is 0 Å². The van der Waals surface area contributed by atoms with E-state index >= 15 is 0 Å². The van der Waals surface area contributed by atoms with Gasteiger partial charge >= 0.3 is 0 Å². The van der Waals surface area contributed by atoms with Crippen molar-refractivity contribution in [2.24, 2.45) is 5.73 Å². The Labute approximate surface area is 59.8 Å². The average molecular weight is 144 g/mol. The Balaban J connectivity index is 3.58. The van der Waals surface area contributed by atoms with Crippen LogP contribution >= 0.6 is 0 Å². The predicted molar refractivity (Wildman–Crippen MR) is 37.1 cm³/mol. The SMILES string of the molecule is CCCC(N)C(=O)NC=O. The van der Waals surface area contributed by atoms with Gasteiger partial charge in [-0.25, -0.2) is 0 Å². The van der Waals surface area contributed by atoms with Crippen molar-refractivity contribution in [3.63, 3.8) is 0 Å². The molecule has 1 unspecified atom stereocenters. The van der Waals surface area contributed by atoms with E-state index in [0.717, 1.165) is 6.42 Å². The molecule has 0 fully saturated rings. The summed E-state index contributed by atoms with van der Waals surface area (Å²) in [7, 11) is 0. The highest BCUT2D eigenvalue weighted by molar-refractivity contribution is 5.89. The van der Waals surface area contributed by atoms with Crippen LogP contribution in [-0.2, 0) is 9.59 Å². The van der Waals surface area contributed by atoms with Crippen molar-refractivity contribution in [2.75, 3.05) is 0 Å². The van der Waals surface area contributed by atoms with E-state index in [4.69, 9.17) is 5.73 Å². The van der Waals surface area contributed by atoms with Gasteiger partial charge in [-0.3, -0.25) is 14.9 Å². The minimum Gasteiger partial charge on any atom is -0.320 e. The fraction of sp³-hybridized carbons (Fsp3) is 0.667. The first-order valence-corrected chi connectivity index (χ1v) is 3.22. The third-order valence-corrected chi connectivity index (χ3v) is 1.14. The standard InChI is InChI=1S/C6H12N2O2/c1-2-3-5(7)6(10)8-4-9/h4-5H,2-3,7H2,1H3,(H,8,9,10). The summed E-state index contributed by atoms with van der Waals surface area (Å²) in [6.45, 7) is 1.92. The van der Waals surface area contributed by atoms with Gasteiger partial charge in [-0.2, -0.15) is 0 Å². The molecule has 0 heterocycles. The van der Waals surface area contributed by atoms with E-state index in [9.17, 15) is 9.59 Å². The Morgan fingerprint density at radius 1 is 1.80 bits per heavy atom. The fourth-order valence-electron chi connectivity index (χ4n) is 0.607. The Morgan fingerprint density at radius 3 is 2.80 bits per heavy atom. The quantitative estimate of drug-likeness (QED) is 0.517. The Hall–Kier alpha value is -0.900. The lowest BCUT2D eigenvalue weighted by atomic mass is 10.2. The third-order valence-electron chi connectivity index (χ3n) is 1.14. The number of imide groups is 1. The Morgan fingerprint density at radius 2 is 2.40 bits per heavy atom. The second-order valence-corrected chi connectivity index (χ2v) is 2.02. The molecule has 0 spiro atoms. The van der Waals surface area contributed by atoms with Gasteiger partial charge in [-0.1, -0.05) is 13.3 Å². The van der Waals surface area contributed by atoms with E-state index < -0.39 is 11.9 Å². The van der Waals surface area contributed by atoms with Crippen LogP contribution in [0, 0.1) is 0 Å². The number of carbonyl (C=O) groups excluding carboxylic acids is 2. The highest BCUT2D eigenvalue weighted by atomic mass is 16.2. The zero-order chi connectivity index (χ0) is 7.98. The van der Waals surface area contributed by atoms with Crippen molar-refractivity contribution < 1.29 is 9.59 Å². The molecule has 3 N–H and O–H groups in total. The van der Waals surface area contributed by atoms with Crippen molar-refractivity contribution in [1.29, 1.82) is 0 Å². The molecule has 2 amide bonds. The van der Waals surface area contributed by atoms with Crippen molar-refractivity contribution in [3.8, 4) is 0 Å². The highest BCUT2D eigenvalue weighted by Crippen LogP contribution is 1.91. The lowest BCUT2D eigenvalue weighted by Crippen LogP contribution is -2.39. The predicted octanol–water partition coefficient (Wildman–Crippen LogP) is -0.614. The maximum atomic E-state index is 10.7. The molecule has 0 saturated carbocycles. The van der Waals surface area contributed by atoms with Gasteiger partial charge in [-0.05, 0) is 6.42 Å². The highest BCUT2D eigenvalue weighted by Gasteiger charge is 2.09. The third kappa shape index (κ3) is 3.19. The second-order valence-electron chi connectivity index (χ2n) is 2.02. The zero-order valence-electron chi connectivity index (χ0n) is 5.96. The number of nitrogens with one attached hydrogen (secondary N) is 1. The maximum Gasteiger partial charge on any atom is 0.243 e. The summed E-state index contributed by atoms with van der Waals surface area (Å²) in [5, 5.41) is 1.99. The normalized spacial score (nSPS) is 12.2. The summed E-state index contributed by atoms with van der Waals surface area (Å²) in [6.07, 6.45) is 1.80. The Bertz CT molecular complexity index is 125. The number of rotatable bonds is 4. The molecule has 0 aliphatic heterocycles. The molecule has 4 nitrogen and oxygen atoms in total. The van der Waals surface area contributed by atoms with Crippen LogP contribution in [0.15, 0.2) is 0 Å². The average Bonchev–Trinajstić information content (AvgIpc) is 1.89. The zero-order valence-corrected chi connectivity index (χ0v) is 5.96. The molecule has 0 aliphatic rings. The van der Waals surface area contributed by atoms with Crippen LogP contribution in [0.2, 0.25) is 0 Å². The van der Waals surface area contributed by atoms with Gasteiger partial charge in [0.15, 0.2) is 0 Å². The molecular formula is C6H12N2O2. The number of amides is 2. The van der Waals surface area contributed by atoms with Crippen LogP contribution in [-0.4, -0.2) is 18.4 Å². The van der Waals surface area contributed by atoms with Crippen LogP contribution in [0.1, 0.15) is 19.8 Å². The van der Waals surface area contributed by atoms with Crippen LogP contribution in [0.25, 0.3) is 0 Å². The fourth-order valence-corrected chi connectivity index (χ4v) is 0.607. The van der Waals surface area contributed by atoms with E-state index in [1.165, 1.54) is 0 Å². The first-order chi connectivity index (χ1) is 4.72. The monoisotopic (exact) mass is 144 g/mol. The van der Waals surface area contributed by atoms with Crippen LogP contribution in [0.3, 0.4) is 0 Å². The molecule has 0 rings (SSSR count). The molecule has 0 aliphatic carbocycles. The summed E-state index contributed by atoms with van der Waals surface area (Å²) in [5.74, 6) is -0.406. The van der Waals surface area contributed by atoms with Gasteiger partial charge < -0.3 is 5.73 Å². The minimum atomic E-state index is -0.546. The summed E-state index contributed by atoms with van der Waals surface area (Å²) in [4.78, 5) is 20.4. The summed E-state index contributed by atoms with van der Waals surface area (Å²) >= 11 is 0. The van der Waals surface area contributed by atoms with E-state index in [0.29, 0.717) is 12.8 Å². The topological polar surface area (TPSA) is 72.2 Å².